The van der Waals surface area contributed by atoms with Gasteiger partial charge in [0.05, 0.1) is 34.9 Å². The van der Waals surface area contributed by atoms with Crippen molar-refractivity contribution in [2.75, 3.05) is 11.9 Å². The predicted molar refractivity (Wildman–Crippen MR) is 142 cm³/mol. The molecule has 0 spiro atoms. The fourth-order valence-electron chi connectivity index (χ4n) is 3.74. The maximum Gasteiger partial charge on any atom is 0.262 e. The van der Waals surface area contributed by atoms with Gasteiger partial charge in [0.25, 0.3) is 5.91 Å². The summed E-state index contributed by atoms with van der Waals surface area (Å²) in [6.45, 7) is 4.34. The number of hydrogen-bond acceptors (Lipinski definition) is 6. The molecule has 0 radical (unpaired) electrons. The summed E-state index contributed by atoms with van der Waals surface area (Å²) >= 11 is 1.48. The van der Waals surface area contributed by atoms with Crippen LogP contribution in [0, 0.1) is 11.3 Å². The molecule has 0 unspecified atom stereocenters. The molecule has 1 aromatic heterocycles. The summed E-state index contributed by atoms with van der Waals surface area (Å²) in [6.07, 6.45) is 1.74. The SMILES string of the molecule is CC(C)c1ccc(N=c2scc(-c3ccc4c(c3)NC(=O)CO4)n2N=Cc2ccc(C#N)cc2)cc1. The van der Waals surface area contributed by atoms with Gasteiger partial charge in [-0.2, -0.15) is 10.4 Å². The van der Waals surface area contributed by atoms with Crippen molar-refractivity contribution in [2.45, 2.75) is 19.8 Å². The van der Waals surface area contributed by atoms with E-state index in [4.69, 9.17) is 20.1 Å². The number of nitrogens with zero attached hydrogens (tertiary/aromatic N) is 4. The van der Waals surface area contributed by atoms with Crippen LogP contribution in [0.1, 0.15) is 36.5 Å². The zero-order valence-electron chi connectivity index (χ0n) is 19.8. The van der Waals surface area contributed by atoms with E-state index in [1.54, 1.807) is 23.0 Å². The molecule has 36 heavy (non-hydrogen) atoms. The lowest BCUT2D eigenvalue weighted by Crippen LogP contribution is -2.25. The number of carbonyl (C=O) groups excluding carboxylic acids is 1. The Hall–Kier alpha value is -4.48. The van der Waals surface area contributed by atoms with Crippen molar-refractivity contribution in [2.24, 2.45) is 10.1 Å². The summed E-state index contributed by atoms with van der Waals surface area (Å²) in [7, 11) is 0. The Labute approximate surface area is 212 Å². The Morgan fingerprint density at radius 1 is 1.11 bits per heavy atom. The fraction of sp³-hybridized carbons (Fsp3) is 0.143. The number of aromatic nitrogens is 1. The molecule has 5 rings (SSSR count). The molecule has 7 nitrogen and oxygen atoms in total. The smallest absolute Gasteiger partial charge is 0.262 e. The number of anilines is 1. The normalized spacial score (nSPS) is 13.4. The van der Waals surface area contributed by atoms with E-state index in [1.807, 2.05) is 47.8 Å². The second-order valence-electron chi connectivity index (χ2n) is 8.60. The number of nitriles is 1. The van der Waals surface area contributed by atoms with Crippen molar-refractivity contribution in [1.82, 2.24) is 4.68 Å². The average molecular weight is 494 g/mol. The Balaban J connectivity index is 1.59. The second kappa shape index (κ2) is 10.0. The van der Waals surface area contributed by atoms with Crippen molar-refractivity contribution >= 4 is 34.8 Å². The second-order valence-corrected chi connectivity index (χ2v) is 9.44. The molecule has 0 saturated heterocycles. The van der Waals surface area contributed by atoms with Crippen LogP contribution in [0.25, 0.3) is 11.3 Å². The zero-order valence-corrected chi connectivity index (χ0v) is 20.6. The molecule has 0 aliphatic carbocycles. The van der Waals surface area contributed by atoms with Gasteiger partial charge in [-0.15, -0.1) is 11.3 Å². The Bertz CT molecular complexity index is 1560. The lowest BCUT2D eigenvalue weighted by atomic mass is 10.0. The third-order valence-corrected chi connectivity index (χ3v) is 6.56. The van der Waals surface area contributed by atoms with E-state index in [9.17, 15) is 4.79 Å². The van der Waals surface area contributed by atoms with Crippen LogP contribution >= 0.6 is 11.3 Å². The topological polar surface area (TPSA) is 91.8 Å². The lowest BCUT2D eigenvalue weighted by Gasteiger charge is -2.18. The maximum atomic E-state index is 11.8. The quantitative estimate of drug-likeness (QED) is 0.364. The molecule has 0 saturated carbocycles. The van der Waals surface area contributed by atoms with E-state index in [0.717, 1.165) is 22.5 Å². The van der Waals surface area contributed by atoms with Gasteiger partial charge in [-0.25, -0.2) is 9.67 Å². The molecule has 4 aromatic rings. The van der Waals surface area contributed by atoms with E-state index in [2.05, 4.69) is 37.4 Å². The predicted octanol–water partition coefficient (Wildman–Crippen LogP) is 5.66. The maximum absolute atomic E-state index is 11.8. The Morgan fingerprint density at radius 3 is 2.61 bits per heavy atom. The van der Waals surface area contributed by atoms with Crippen LogP contribution in [0.5, 0.6) is 5.75 Å². The molecular formula is C28H23N5O2S. The van der Waals surface area contributed by atoms with Crippen LogP contribution in [0.15, 0.2) is 82.2 Å². The molecule has 8 heteroatoms. The van der Waals surface area contributed by atoms with Gasteiger partial charge in [0, 0.05) is 10.9 Å². The third-order valence-electron chi connectivity index (χ3n) is 5.74. The third kappa shape index (κ3) is 4.97. The molecule has 178 valence electrons. The van der Waals surface area contributed by atoms with E-state index in [0.29, 0.717) is 27.7 Å². The zero-order chi connectivity index (χ0) is 25.1. The number of carbonyl (C=O) groups is 1. The Morgan fingerprint density at radius 2 is 1.89 bits per heavy atom. The number of nitrogens with one attached hydrogen (secondary N) is 1. The van der Waals surface area contributed by atoms with Gasteiger partial charge in [-0.3, -0.25) is 4.79 Å². The van der Waals surface area contributed by atoms with Gasteiger partial charge in [-0.05, 0) is 59.5 Å². The van der Waals surface area contributed by atoms with Gasteiger partial charge in [-0.1, -0.05) is 38.1 Å². The molecule has 0 atom stereocenters. The number of benzene rings is 3. The number of amides is 1. The average Bonchev–Trinajstić information content (AvgIpc) is 3.29. The minimum atomic E-state index is -0.183. The molecule has 1 aliphatic heterocycles. The molecule has 1 N–H and O–H groups in total. The molecular weight excluding hydrogens is 470 g/mol. The lowest BCUT2D eigenvalue weighted by molar-refractivity contribution is -0.118. The fourth-order valence-corrected chi connectivity index (χ4v) is 4.60. The van der Waals surface area contributed by atoms with E-state index >= 15 is 0 Å². The Kier molecular flexibility index (Phi) is 6.48. The van der Waals surface area contributed by atoms with E-state index in [1.165, 1.54) is 16.9 Å². The van der Waals surface area contributed by atoms with Gasteiger partial charge in [0.2, 0.25) is 4.80 Å². The van der Waals surface area contributed by atoms with Gasteiger partial charge >= 0.3 is 0 Å². The van der Waals surface area contributed by atoms with Crippen LogP contribution in [-0.2, 0) is 4.79 Å². The first kappa shape index (κ1) is 23.3. The number of fused-ring (bicyclic) bond motifs is 1. The van der Waals surface area contributed by atoms with Crippen molar-refractivity contribution in [3.8, 4) is 23.1 Å². The van der Waals surface area contributed by atoms with E-state index < -0.39 is 0 Å². The van der Waals surface area contributed by atoms with Crippen LogP contribution < -0.4 is 14.9 Å². The van der Waals surface area contributed by atoms with Crippen molar-refractivity contribution in [3.05, 3.63) is 93.6 Å². The minimum Gasteiger partial charge on any atom is -0.482 e. The van der Waals surface area contributed by atoms with Crippen LogP contribution in [0.4, 0.5) is 11.4 Å². The monoisotopic (exact) mass is 493 g/mol. The number of ether oxygens (including phenoxy) is 1. The first-order valence-corrected chi connectivity index (χ1v) is 12.3. The number of rotatable bonds is 5. The summed E-state index contributed by atoms with van der Waals surface area (Å²) < 4.78 is 7.29. The highest BCUT2D eigenvalue weighted by Gasteiger charge is 2.18. The van der Waals surface area contributed by atoms with Crippen molar-refractivity contribution in [1.29, 1.82) is 5.26 Å². The van der Waals surface area contributed by atoms with Crippen molar-refractivity contribution < 1.29 is 9.53 Å². The molecule has 0 fully saturated rings. The van der Waals surface area contributed by atoms with Crippen molar-refractivity contribution in [3.63, 3.8) is 0 Å². The van der Waals surface area contributed by atoms with Gasteiger partial charge < -0.3 is 10.1 Å². The van der Waals surface area contributed by atoms with Gasteiger partial charge in [0.15, 0.2) is 6.61 Å². The molecule has 3 aromatic carbocycles. The standard InChI is InChI=1S/C28H23N5O2S/c1-18(2)21-7-10-23(11-8-21)31-28-33(30-15-20-5-3-19(14-29)4-6-20)25(17-36-28)22-9-12-26-24(13-22)32-27(34)16-35-26/h3-13,15,17-18H,16H2,1-2H3,(H,32,34). The highest BCUT2D eigenvalue weighted by Crippen LogP contribution is 2.33. The number of hydrogen-bond donors (Lipinski definition) is 1. The molecule has 0 bridgehead atoms. The van der Waals surface area contributed by atoms with Crippen LogP contribution in [0.3, 0.4) is 0 Å². The first-order chi connectivity index (χ1) is 17.5. The number of thiazole rings is 1. The van der Waals surface area contributed by atoms with Crippen LogP contribution in [-0.4, -0.2) is 23.4 Å². The summed E-state index contributed by atoms with van der Waals surface area (Å²) in [5.41, 5.74) is 5.86. The molecule has 1 aliphatic rings. The van der Waals surface area contributed by atoms with E-state index in [-0.39, 0.29) is 12.5 Å². The largest absolute Gasteiger partial charge is 0.482 e. The summed E-state index contributed by atoms with van der Waals surface area (Å²) in [5.74, 6) is 0.899. The minimum absolute atomic E-state index is 0.0122. The molecule has 2 heterocycles. The summed E-state index contributed by atoms with van der Waals surface area (Å²) in [4.78, 5) is 17.4. The van der Waals surface area contributed by atoms with Gasteiger partial charge in [0.1, 0.15) is 5.75 Å². The highest BCUT2D eigenvalue weighted by atomic mass is 32.1. The summed E-state index contributed by atoms with van der Waals surface area (Å²) in [6, 6.07) is 23.2. The highest BCUT2D eigenvalue weighted by molar-refractivity contribution is 7.07. The molecule has 1 amide bonds. The summed E-state index contributed by atoms with van der Waals surface area (Å²) in [5, 5.41) is 18.7. The van der Waals surface area contributed by atoms with Crippen LogP contribution in [0.2, 0.25) is 0 Å². The first-order valence-electron chi connectivity index (χ1n) is 11.5.